The van der Waals surface area contributed by atoms with Crippen molar-refractivity contribution in [2.45, 2.75) is 11.8 Å². The van der Waals surface area contributed by atoms with E-state index in [1.165, 1.54) is 33.4 Å². The highest BCUT2D eigenvalue weighted by Gasteiger charge is 2.41. The van der Waals surface area contributed by atoms with Crippen LogP contribution in [0.3, 0.4) is 0 Å². The van der Waals surface area contributed by atoms with Crippen LogP contribution in [0.4, 0.5) is 0 Å². The second-order valence-corrected chi connectivity index (χ2v) is 17.4. The lowest BCUT2D eigenvalue weighted by molar-refractivity contribution is 0.754. The van der Waals surface area contributed by atoms with E-state index in [4.69, 9.17) is 29.9 Å². The molecule has 0 saturated heterocycles. The summed E-state index contributed by atoms with van der Waals surface area (Å²) < 4.78 is 0. The summed E-state index contributed by atoms with van der Waals surface area (Å²) >= 11 is 0. The number of benzene rings is 9. The van der Waals surface area contributed by atoms with Crippen LogP contribution >= 0.6 is 0 Å². The molecule has 3 aliphatic rings. The van der Waals surface area contributed by atoms with Crippen molar-refractivity contribution in [1.82, 2.24) is 29.9 Å². The third kappa shape index (κ3) is 6.98. The van der Waals surface area contributed by atoms with E-state index in [0.29, 0.717) is 34.9 Å². The van der Waals surface area contributed by atoms with E-state index >= 15 is 0 Å². The minimum atomic E-state index is 0.0159. The standard InChI is InChI=1S/C62H40N6/c1-5-17-39(18-6-1)43-25-15-27-45(35-43)59-63-57(41-21-9-3-10-22-41)65-61(67-59)47-31-33-51-53(37-47)55-49-29-13-14-30-50(49)56(51)54-38-48(32-34-52(54)55)62-66-58(42-23-11-4-12-24-42)64-60(68-62)46-28-16-26-44(36-46)40-19-7-2-8-20-40/h1-38,55-56H. The Bertz CT molecular complexity index is 3440. The van der Waals surface area contributed by atoms with Gasteiger partial charge in [0, 0.05) is 45.2 Å². The van der Waals surface area contributed by atoms with E-state index in [-0.39, 0.29) is 11.8 Å². The Hall–Kier alpha value is -9.00. The minimum Gasteiger partial charge on any atom is -0.208 e. The van der Waals surface area contributed by atoms with Gasteiger partial charge in [0.05, 0.1) is 0 Å². The van der Waals surface area contributed by atoms with E-state index in [9.17, 15) is 0 Å². The highest BCUT2D eigenvalue weighted by atomic mass is 15.0. The Morgan fingerprint density at radius 3 is 0.809 bits per heavy atom. The molecule has 11 aromatic rings. The molecular weight excluding hydrogens is 829 g/mol. The SMILES string of the molecule is c1ccc(-c2cccc(-c3nc(-c4ccccc4)nc(-c4ccc5c(c4)C4c6ccccc6C5c5cc(-c6nc(-c7ccccc7)nc(-c7cccc(-c8ccccc8)c7)n6)ccc54)n3)c2)cc1. The van der Waals surface area contributed by atoms with Gasteiger partial charge >= 0.3 is 0 Å². The van der Waals surface area contributed by atoms with E-state index in [1.54, 1.807) is 0 Å². The lowest BCUT2D eigenvalue weighted by Gasteiger charge is -2.42. The van der Waals surface area contributed by atoms with E-state index in [1.807, 2.05) is 48.5 Å². The summed E-state index contributed by atoms with van der Waals surface area (Å²) in [5.74, 6) is 3.86. The molecule has 0 spiro atoms. The monoisotopic (exact) mass is 868 g/mol. The summed E-state index contributed by atoms with van der Waals surface area (Å²) in [6.07, 6.45) is 0. The Balaban J connectivity index is 0.922. The van der Waals surface area contributed by atoms with Crippen molar-refractivity contribution in [3.05, 3.63) is 264 Å². The first-order valence-corrected chi connectivity index (χ1v) is 23.0. The fourth-order valence-electron chi connectivity index (χ4n) is 10.1. The van der Waals surface area contributed by atoms with Crippen LogP contribution in [0, 0.1) is 0 Å². The molecule has 68 heavy (non-hydrogen) atoms. The second kappa shape index (κ2) is 16.5. The van der Waals surface area contributed by atoms with Gasteiger partial charge < -0.3 is 0 Å². The van der Waals surface area contributed by atoms with Crippen LogP contribution < -0.4 is 0 Å². The first-order chi connectivity index (χ1) is 33.7. The highest BCUT2D eigenvalue weighted by molar-refractivity contribution is 5.78. The van der Waals surface area contributed by atoms with Crippen molar-refractivity contribution < 1.29 is 0 Å². The molecule has 14 rings (SSSR count). The van der Waals surface area contributed by atoms with Crippen LogP contribution in [-0.2, 0) is 0 Å². The van der Waals surface area contributed by atoms with Crippen molar-refractivity contribution in [2.75, 3.05) is 0 Å². The van der Waals surface area contributed by atoms with Crippen LogP contribution in [0.15, 0.2) is 231 Å². The molecule has 3 aliphatic carbocycles. The van der Waals surface area contributed by atoms with Crippen LogP contribution in [0.1, 0.15) is 45.2 Å². The zero-order valence-electron chi connectivity index (χ0n) is 36.8. The summed E-state index contributed by atoms with van der Waals surface area (Å²) in [4.78, 5) is 30.9. The summed E-state index contributed by atoms with van der Waals surface area (Å²) in [6.45, 7) is 0. The molecule has 2 unspecified atom stereocenters. The van der Waals surface area contributed by atoms with E-state index in [2.05, 4.69) is 182 Å². The van der Waals surface area contributed by atoms with Gasteiger partial charge in [-0.2, -0.15) is 0 Å². The van der Waals surface area contributed by atoms with Gasteiger partial charge in [0.1, 0.15) is 0 Å². The fourth-order valence-corrected chi connectivity index (χ4v) is 10.1. The Morgan fingerprint density at radius 1 is 0.176 bits per heavy atom. The smallest absolute Gasteiger partial charge is 0.164 e. The molecule has 2 heterocycles. The molecule has 0 fully saturated rings. The third-order valence-corrected chi connectivity index (χ3v) is 13.3. The largest absolute Gasteiger partial charge is 0.208 e. The molecule has 0 aliphatic heterocycles. The summed E-state index contributed by atoms with van der Waals surface area (Å²) in [6, 6.07) is 80.6. The average molecular weight is 869 g/mol. The number of aromatic nitrogens is 6. The molecule has 0 N–H and O–H groups in total. The number of hydrogen-bond acceptors (Lipinski definition) is 6. The Kier molecular flexibility index (Phi) is 9.53. The average Bonchev–Trinajstić information content (AvgIpc) is 3.43. The Morgan fingerprint density at radius 2 is 0.441 bits per heavy atom. The van der Waals surface area contributed by atoms with Gasteiger partial charge in [-0.1, -0.05) is 206 Å². The molecule has 6 heteroatoms. The molecular formula is C62H40N6. The molecule has 2 aromatic heterocycles. The first kappa shape index (κ1) is 39.4. The van der Waals surface area contributed by atoms with Gasteiger partial charge in [-0.05, 0) is 79.9 Å². The zero-order chi connectivity index (χ0) is 45.0. The predicted octanol–water partition coefficient (Wildman–Crippen LogP) is 14.4. The Labute approximate surface area is 394 Å². The molecule has 318 valence electrons. The third-order valence-electron chi connectivity index (χ3n) is 13.3. The number of rotatable bonds is 8. The van der Waals surface area contributed by atoms with Gasteiger partial charge in [0.15, 0.2) is 34.9 Å². The van der Waals surface area contributed by atoms with Crippen molar-refractivity contribution >= 4 is 0 Å². The van der Waals surface area contributed by atoms with Crippen molar-refractivity contribution in [3.63, 3.8) is 0 Å². The van der Waals surface area contributed by atoms with Crippen LogP contribution in [-0.4, -0.2) is 29.9 Å². The maximum absolute atomic E-state index is 5.22. The van der Waals surface area contributed by atoms with Crippen molar-refractivity contribution in [3.8, 4) is 90.6 Å². The second-order valence-electron chi connectivity index (χ2n) is 17.4. The lowest BCUT2D eigenvalue weighted by atomic mass is 9.61. The van der Waals surface area contributed by atoms with E-state index in [0.717, 1.165) is 55.6 Å². The van der Waals surface area contributed by atoms with E-state index < -0.39 is 0 Å². The van der Waals surface area contributed by atoms with Gasteiger partial charge in [-0.25, -0.2) is 29.9 Å². The predicted molar refractivity (Wildman–Crippen MR) is 271 cm³/mol. The maximum Gasteiger partial charge on any atom is 0.164 e. The minimum absolute atomic E-state index is 0.0159. The molecule has 0 radical (unpaired) electrons. The molecule has 2 atom stereocenters. The lowest BCUT2D eigenvalue weighted by Crippen LogP contribution is -2.27. The molecule has 0 saturated carbocycles. The zero-order valence-corrected chi connectivity index (χ0v) is 36.8. The quantitative estimate of drug-likeness (QED) is 0.151. The highest BCUT2D eigenvalue weighted by Crippen LogP contribution is 2.56. The van der Waals surface area contributed by atoms with Gasteiger partial charge in [0.25, 0.3) is 0 Å². The van der Waals surface area contributed by atoms with Crippen molar-refractivity contribution in [1.29, 1.82) is 0 Å². The maximum atomic E-state index is 5.22. The van der Waals surface area contributed by atoms with Gasteiger partial charge in [-0.3, -0.25) is 0 Å². The first-order valence-electron chi connectivity index (χ1n) is 23.0. The summed E-state index contributed by atoms with van der Waals surface area (Å²) in [5.41, 5.74) is 17.9. The van der Waals surface area contributed by atoms with Gasteiger partial charge in [0.2, 0.25) is 0 Å². The van der Waals surface area contributed by atoms with Gasteiger partial charge in [-0.15, -0.1) is 0 Å². The van der Waals surface area contributed by atoms with Crippen molar-refractivity contribution in [2.24, 2.45) is 0 Å². The normalized spacial score (nSPS) is 14.2. The topological polar surface area (TPSA) is 77.3 Å². The fraction of sp³-hybridized carbons (Fsp3) is 0.0323. The molecule has 9 aromatic carbocycles. The number of nitrogens with zero attached hydrogens (tertiary/aromatic N) is 6. The van der Waals surface area contributed by atoms with Crippen LogP contribution in [0.2, 0.25) is 0 Å². The van der Waals surface area contributed by atoms with Crippen LogP contribution in [0.5, 0.6) is 0 Å². The summed E-state index contributed by atoms with van der Waals surface area (Å²) in [7, 11) is 0. The molecule has 2 bridgehead atoms. The van der Waals surface area contributed by atoms with Crippen LogP contribution in [0.25, 0.3) is 90.6 Å². The molecule has 6 nitrogen and oxygen atoms in total. The number of hydrogen-bond donors (Lipinski definition) is 0. The molecule has 0 amide bonds. The summed E-state index contributed by atoms with van der Waals surface area (Å²) in [5, 5.41) is 0.